The van der Waals surface area contributed by atoms with Crippen molar-refractivity contribution >= 4 is 17.4 Å². The highest BCUT2D eigenvalue weighted by molar-refractivity contribution is 6.03. The Morgan fingerprint density at radius 1 is 1.20 bits per heavy atom. The molecular weight excluding hydrogens is 381 g/mol. The molecule has 7 heteroatoms. The van der Waals surface area contributed by atoms with Gasteiger partial charge in [-0.15, -0.1) is 0 Å². The molecule has 3 N–H and O–H groups in total. The van der Waals surface area contributed by atoms with Crippen LogP contribution in [0.4, 0.5) is 10.1 Å². The summed E-state index contributed by atoms with van der Waals surface area (Å²) in [5.74, 6) is -0.760. The van der Waals surface area contributed by atoms with E-state index >= 15 is 0 Å². The molecule has 3 rings (SSSR count). The molecular formula is C23H24FN5O. The lowest BCUT2D eigenvalue weighted by Gasteiger charge is -2.31. The van der Waals surface area contributed by atoms with Crippen molar-refractivity contribution in [2.45, 2.75) is 19.4 Å². The molecule has 2 aromatic carbocycles. The van der Waals surface area contributed by atoms with Crippen LogP contribution in [0, 0.1) is 28.5 Å². The Morgan fingerprint density at radius 2 is 1.90 bits per heavy atom. The number of rotatable bonds is 6. The minimum absolute atomic E-state index is 0.0470. The molecule has 1 fully saturated rings. The summed E-state index contributed by atoms with van der Waals surface area (Å²) in [7, 11) is 0. The number of benzene rings is 2. The molecule has 0 unspecified atom stereocenters. The van der Waals surface area contributed by atoms with E-state index in [2.05, 4.69) is 21.6 Å². The Hall–Kier alpha value is -3.50. The molecule has 0 radical (unpaired) electrons. The number of halogens is 1. The van der Waals surface area contributed by atoms with Crippen LogP contribution in [0.25, 0.3) is 0 Å². The normalized spacial score (nSPS) is 14.9. The van der Waals surface area contributed by atoms with Crippen LogP contribution in [0.15, 0.2) is 60.8 Å². The average molecular weight is 405 g/mol. The van der Waals surface area contributed by atoms with Crippen molar-refractivity contribution in [3.8, 4) is 6.07 Å². The zero-order valence-corrected chi connectivity index (χ0v) is 16.6. The van der Waals surface area contributed by atoms with E-state index in [1.54, 1.807) is 18.2 Å². The number of piperidine rings is 1. The second kappa shape index (κ2) is 10.3. The van der Waals surface area contributed by atoms with Crippen LogP contribution in [0.3, 0.4) is 0 Å². The number of carbonyl (C=O) groups excluding carboxylic acids is 1. The van der Waals surface area contributed by atoms with Gasteiger partial charge in [0.2, 0.25) is 5.91 Å². The molecule has 30 heavy (non-hydrogen) atoms. The standard InChI is InChI=1S/C23H24FN5O/c24-20-7-3-4-8-21(20)27-12-9-22(26)28-23(30)17-10-13-29(14-11-17)16-19-6-2-1-5-18(19)15-25/h1-9,12,17,27H,10-11,13-14,16H2,(H2,26,28,30)/b12-9-. The molecule has 1 aliphatic rings. The zero-order valence-electron chi connectivity index (χ0n) is 16.6. The molecule has 1 amide bonds. The fourth-order valence-corrected chi connectivity index (χ4v) is 3.43. The summed E-state index contributed by atoms with van der Waals surface area (Å²) >= 11 is 0. The molecule has 0 spiro atoms. The summed E-state index contributed by atoms with van der Waals surface area (Å²) in [4.78, 5) is 14.7. The fourth-order valence-electron chi connectivity index (χ4n) is 3.43. The highest BCUT2D eigenvalue weighted by Crippen LogP contribution is 2.20. The number of hydrogen-bond acceptors (Lipinski definition) is 5. The Bertz CT molecular complexity index is 974. The number of nitrogens with zero attached hydrogens (tertiary/aromatic N) is 2. The van der Waals surface area contributed by atoms with E-state index < -0.39 is 0 Å². The number of para-hydroxylation sites is 1. The van der Waals surface area contributed by atoms with E-state index in [1.807, 2.05) is 24.3 Å². The third kappa shape index (κ3) is 5.75. The van der Waals surface area contributed by atoms with Gasteiger partial charge in [0, 0.05) is 18.7 Å². The second-order valence-electron chi connectivity index (χ2n) is 7.18. The molecule has 1 aliphatic heterocycles. The Labute approximate surface area is 175 Å². The first kappa shape index (κ1) is 21.2. The van der Waals surface area contributed by atoms with Gasteiger partial charge in [-0.1, -0.05) is 30.3 Å². The average Bonchev–Trinajstić information content (AvgIpc) is 2.76. The number of anilines is 1. The number of amides is 1. The van der Waals surface area contributed by atoms with E-state index in [9.17, 15) is 14.4 Å². The maximum absolute atomic E-state index is 13.5. The summed E-state index contributed by atoms with van der Waals surface area (Å²) in [6.45, 7) is 2.21. The van der Waals surface area contributed by atoms with Gasteiger partial charge in [0.15, 0.2) is 0 Å². The molecule has 154 valence electrons. The van der Waals surface area contributed by atoms with Gasteiger partial charge < -0.3 is 10.6 Å². The van der Waals surface area contributed by atoms with Crippen molar-refractivity contribution in [2.24, 2.45) is 5.92 Å². The Balaban J connectivity index is 1.43. The Kier molecular flexibility index (Phi) is 7.30. The van der Waals surface area contributed by atoms with E-state index in [0.717, 1.165) is 18.7 Å². The molecule has 2 aromatic rings. The van der Waals surface area contributed by atoms with Gasteiger partial charge >= 0.3 is 0 Å². The highest BCUT2D eigenvalue weighted by atomic mass is 19.1. The minimum Gasteiger partial charge on any atom is -0.359 e. The molecule has 0 aliphatic carbocycles. The molecule has 1 heterocycles. The van der Waals surface area contributed by atoms with Crippen LogP contribution < -0.4 is 10.6 Å². The predicted octanol–water partition coefficient (Wildman–Crippen LogP) is 3.63. The van der Waals surface area contributed by atoms with Crippen molar-refractivity contribution < 1.29 is 9.18 Å². The van der Waals surface area contributed by atoms with Crippen molar-refractivity contribution in [1.29, 1.82) is 10.7 Å². The predicted molar refractivity (Wildman–Crippen MR) is 114 cm³/mol. The third-order valence-corrected chi connectivity index (χ3v) is 5.11. The van der Waals surface area contributed by atoms with E-state index in [4.69, 9.17) is 5.41 Å². The van der Waals surface area contributed by atoms with Crippen molar-refractivity contribution in [2.75, 3.05) is 18.4 Å². The van der Waals surface area contributed by atoms with Crippen molar-refractivity contribution in [3.05, 3.63) is 77.8 Å². The number of nitriles is 1. The van der Waals surface area contributed by atoms with Gasteiger partial charge in [-0.25, -0.2) is 4.39 Å². The first-order chi connectivity index (χ1) is 14.6. The molecule has 0 bridgehead atoms. The first-order valence-corrected chi connectivity index (χ1v) is 9.84. The molecule has 0 aromatic heterocycles. The molecule has 0 atom stereocenters. The van der Waals surface area contributed by atoms with Crippen LogP contribution in [-0.2, 0) is 11.3 Å². The highest BCUT2D eigenvalue weighted by Gasteiger charge is 2.25. The maximum Gasteiger partial charge on any atom is 0.228 e. The summed E-state index contributed by atoms with van der Waals surface area (Å²) < 4.78 is 13.5. The quantitative estimate of drug-likeness (QED) is 0.506. The molecule has 0 saturated carbocycles. The van der Waals surface area contributed by atoms with Crippen LogP contribution in [0.2, 0.25) is 0 Å². The van der Waals surface area contributed by atoms with Crippen molar-refractivity contribution in [1.82, 2.24) is 10.2 Å². The van der Waals surface area contributed by atoms with Gasteiger partial charge in [0.1, 0.15) is 11.7 Å². The number of carbonyl (C=O) groups is 1. The summed E-state index contributed by atoms with van der Waals surface area (Å²) in [5, 5.41) is 22.5. The Morgan fingerprint density at radius 3 is 2.63 bits per heavy atom. The molecule has 6 nitrogen and oxygen atoms in total. The van der Waals surface area contributed by atoms with Crippen molar-refractivity contribution in [3.63, 3.8) is 0 Å². The first-order valence-electron chi connectivity index (χ1n) is 9.84. The second-order valence-corrected chi connectivity index (χ2v) is 7.18. The number of amidine groups is 1. The maximum atomic E-state index is 13.5. The SMILES string of the molecule is N#Cc1ccccc1CN1CCC(C(=O)NC(=N)/C=C\Nc2ccccc2F)CC1. The monoisotopic (exact) mass is 405 g/mol. The van der Waals surface area contributed by atoms with E-state index in [-0.39, 0.29) is 23.5 Å². The summed E-state index contributed by atoms with van der Waals surface area (Å²) in [5.41, 5.74) is 1.98. The van der Waals surface area contributed by atoms with E-state index in [0.29, 0.717) is 30.6 Å². The lowest BCUT2D eigenvalue weighted by Crippen LogP contribution is -2.41. The van der Waals surface area contributed by atoms with Gasteiger partial charge in [0.05, 0.1) is 17.3 Å². The van der Waals surface area contributed by atoms with Gasteiger partial charge in [-0.3, -0.25) is 15.1 Å². The molecule has 1 saturated heterocycles. The lowest BCUT2D eigenvalue weighted by atomic mass is 9.95. The van der Waals surface area contributed by atoms with Crippen LogP contribution >= 0.6 is 0 Å². The van der Waals surface area contributed by atoms with Crippen LogP contribution in [0.1, 0.15) is 24.0 Å². The number of likely N-dealkylation sites (tertiary alicyclic amines) is 1. The zero-order chi connectivity index (χ0) is 21.3. The van der Waals surface area contributed by atoms with Crippen LogP contribution in [-0.4, -0.2) is 29.7 Å². The fraction of sp³-hybridized carbons (Fsp3) is 0.261. The van der Waals surface area contributed by atoms with Gasteiger partial charge in [-0.05, 0) is 55.8 Å². The lowest BCUT2D eigenvalue weighted by molar-refractivity contribution is -0.125. The van der Waals surface area contributed by atoms with E-state index in [1.165, 1.54) is 18.3 Å². The number of hydrogen-bond donors (Lipinski definition) is 3. The minimum atomic E-state index is -0.387. The topological polar surface area (TPSA) is 92.0 Å². The summed E-state index contributed by atoms with van der Waals surface area (Å²) in [6, 6.07) is 16.0. The van der Waals surface area contributed by atoms with Crippen LogP contribution in [0.5, 0.6) is 0 Å². The van der Waals surface area contributed by atoms with Gasteiger partial charge in [-0.2, -0.15) is 5.26 Å². The third-order valence-electron chi connectivity index (χ3n) is 5.11. The smallest absolute Gasteiger partial charge is 0.228 e. The number of nitrogens with one attached hydrogen (secondary N) is 3. The summed E-state index contributed by atoms with van der Waals surface area (Å²) in [6.07, 6.45) is 4.21. The largest absolute Gasteiger partial charge is 0.359 e. The van der Waals surface area contributed by atoms with Gasteiger partial charge in [0.25, 0.3) is 0 Å².